The zero-order valence-corrected chi connectivity index (χ0v) is 21.1. The Morgan fingerprint density at radius 2 is 1.22 bits per heavy atom. The smallest absolute Gasteiger partial charge is 0.309 e. The van der Waals surface area contributed by atoms with Gasteiger partial charge in [-0.3, -0.25) is 0 Å². The van der Waals surface area contributed by atoms with Crippen LogP contribution in [0.5, 0.6) is 5.75 Å². The molecule has 1 aromatic heterocycles. The lowest BCUT2D eigenvalue weighted by Gasteiger charge is -2.34. The first-order chi connectivity index (χ1) is 18.0. The Morgan fingerprint density at radius 3 is 1.73 bits per heavy atom. The van der Waals surface area contributed by atoms with Gasteiger partial charge in [-0.05, 0) is 40.5 Å². The van der Waals surface area contributed by atoms with Gasteiger partial charge in [0.25, 0.3) is 0 Å². The summed E-state index contributed by atoms with van der Waals surface area (Å²) in [6.45, 7) is 1.79. The molecule has 0 bridgehead atoms. The third-order valence-electron chi connectivity index (χ3n) is 6.09. The van der Waals surface area contributed by atoms with E-state index in [0.717, 1.165) is 16.7 Å². The third kappa shape index (κ3) is 4.75. The normalized spacial score (nSPS) is 11.8. The number of aromatic nitrogens is 4. The van der Waals surface area contributed by atoms with E-state index in [0.29, 0.717) is 12.0 Å². The van der Waals surface area contributed by atoms with Crippen LogP contribution in [-0.2, 0) is 15.7 Å². The molecule has 0 saturated heterocycles. The van der Waals surface area contributed by atoms with E-state index in [2.05, 4.69) is 10.3 Å². The van der Waals surface area contributed by atoms with Crippen LogP contribution in [0.4, 0.5) is 0 Å². The Kier molecular flexibility index (Phi) is 6.83. The van der Waals surface area contributed by atoms with Crippen molar-refractivity contribution in [2.24, 2.45) is 0 Å². The van der Waals surface area contributed by atoms with Gasteiger partial charge in [-0.1, -0.05) is 110 Å². The molecule has 0 atom stereocenters. The summed E-state index contributed by atoms with van der Waals surface area (Å²) in [4.78, 5) is 1.60. The molecule has 0 radical (unpaired) electrons. The van der Waals surface area contributed by atoms with Crippen LogP contribution in [0.2, 0.25) is 0 Å². The average molecular weight is 511 g/mol. The highest BCUT2D eigenvalue weighted by atomic mass is 32.2. The van der Waals surface area contributed by atoms with Crippen LogP contribution in [0.25, 0.3) is 11.4 Å². The number of hydrogen-bond acceptors (Lipinski definition) is 6. The fourth-order valence-electron chi connectivity index (χ4n) is 4.50. The highest BCUT2D eigenvalue weighted by molar-refractivity contribution is 7.87. The van der Waals surface area contributed by atoms with Gasteiger partial charge in [-0.15, -0.1) is 15.0 Å². The number of benzene rings is 4. The maximum Gasteiger partial charge on any atom is 0.309 e. The summed E-state index contributed by atoms with van der Waals surface area (Å²) in [5.74, 6) is 0.343. The van der Waals surface area contributed by atoms with E-state index in [4.69, 9.17) is 9.28 Å². The molecular formula is C29H26N4O3S. The van der Waals surface area contributed by atoms with Crippen LogP contribution in [0.15, 0.2) is 115 Å². The van der Waals surface area contributed by atoms with Gasteiger partial charge in [0.15, 0.2) is 11.3 Å². The van der Waals surface area contributed by atoms with E-state index < -0.39 is 15.7 Å². The van der Waals surface area contributed by atoms with E-state index in [1.807, 2.05) is 91.0 Å². The lowest BCUT2D eigenvalue weighted by atomic mass is 9.77. The van der Waals surface area contributed by atoms with E-state index in [1.54, 1.807) is 36.0 Å². The third-order valence-corrected chi connectivity index (χ3v) is 7.43. The summed E-state index contributed by atoms with van der Waals surface area (Å²) in [5.41, 5.74) is 2.36. The number of hydrogen-bond donors (Lipinski definition) is 0. The lowest BCUT2D eigenvalue weighted by molar-refractivity contribution is 0.395. The fourth-order valence-corrected chi connectivity index (χ4v) is 5.50. The van der Waals surface area contributed by atoms with E-state index in [-0.39, 0.29) is 17.3 Å². The van der Waals surface area contributed by atoms with Gasteiger partial charge in [-0.25, -0.2) is 0 Å². The largest absolute Gasteiger partial charge is 0.382 e. The van der Waals surface area contributed by atoms with E-state index in [1.165, 1.54) is 0 Å². The molecule has 0 fully saturated rings. The van der Waals surface area contributed by atoms with Gasteiger partial charge in [0, 0.05) is 0 Å². The topological polar surface area (TPSA) is 87.0 Å². The summed E-state index contributed by atoms with van der Waals surface area (Å²) >= 11 is 0. The second kappa shape index (κ2) is 10.4. The quantitative estimate of drug-likeness (QED) is 0.198. The molecular weight excluding hydrogens is 484 g/mol. The van der Waals surface area contributed by atoms with E-state index >= 15 is 0 Å². The van der Waals surface area contributed by atoms with Crippen molar-refractivity contribution in [3.05, 3.63) is 132 Å². The van der Waals surface area contributed by atoms with E-state index in [9.17, 15) is 8.42 Å². The minimum Gasteiger partial charge on any atom is -0.382 e. The monoisotopic (exact) mass is 510 g/mol. The molecule has 4 aromatic carbocycles. The Morgan fingerprint density at radius 1 is 0.730 bits per heavy atom. The number of para-hydroxylation sites is 1. The predicted octanol–water partition coefficient (Wildman–Crippen LogP) is 5.30. The molecule has 0 N–H and O–H groups in total. The molecule has 37 heavy (non-hydrogen) atoms. The summed E-state index contributed by atoms with van der Waals surface area (Å²) in [6.07, 6.45) is 0.451. The molecule has 0 aliphatic rings. The van der Waals surface area contributed by atoms with Crippen LogP contribution in [0.1, 0.15) is 30.0 Å². The number of rotatable bonds is 9. The average Bonchev–Trinajstić information content (AvgIpc) is 3.41. The minimum atomic E-state index is -3.75. The summed E-state index contributed by atoms with van der Waals surface area (Å²) in [5, 5.41) is 13.7. The second-order valence-corrected chi connectivity index (χ2v) is 10.2. The van der Waals surface area contributed by atoms with Crippen LogP contribution >= 0.6 is 0 Å². The van der Waals surface area contributed by atoms with Crippen molar-refractivity contribution < 1.29 is 12.6 Å². The second-order valence-electron chi connectivity index (χ2n) is 8.55. The van der Waals surface area contributed by atoms with Crippen molar-refractivity contribution in [1.82, 2.24) is 20.2 Å². The zero-order valence-electron chi connectivity index (χ0n) is 20.3. The van der Waals surface area contributed by atoms with Crippen molar-refractivity contribution >= 4 is 10.1 Å². The van der Waals surface area contributed by atoms with Gasteiger partial charge < -0.3 is 4.18 Å². The first kappa shape index (κ1) is 24.4. The Labute approximate surface area is 216 Å². The molecule has 0 aliphatic carbocycles. The maximum absolute atomic E-state index is 12.4. The number of tetrazole rings is 1. The molecule has 186 valence electrons. The standard InChI is InChI=1S/C29H26N4O3S/c1-2-22-37(34,35)36-27-21-13-12-20-26(27)28-30-32-33(31-28)29(23-14-6-3-7-15-23,24-16-8-4-9-17-24)25-18-10-5-11-19-25/h3-21H,2,22H2,1H3. The molecule has 0 saturated carbocycles. The van der Waals surface area contributed by atoms with Crippen LogP contribution in [0.3, 0.4) is 0 Å². The Hall–Kier alpha value is -4.30. The number of nitrogens with zero attached hydrogens (tertiary/aromatic N) is 4. The lowest BCUT2D eigenvalue weighted by Crippen LogP contribution is -2.39. The highest BCUT2D eigenvalue weighted by Crippen LogP contribution is 2.40. The Balaban J connectivity index is 1.72. The predicted molar refractivity (Wildman–Crippen MR) is 143 cm³/mol. The van der Waals surface area contributed by atoms with Crippen molar-refractivity contribution in [2.75, 3.05) is 5.75 Å². The van der Waals surface area contributed by atoms with Gasteiger partial charge in [0.2, 0.25) is 5.82 Å². The van der Waals surface area contributed by atoms with Gasteiger partial charge in [-0.2, -0.15) is 8.42 Å². The SMILES string of the molecule is CCCS(=O)(=O)Oc1ccccc1-c1nnn(C(c2ccccc2)(c2ccccc2)c2ccccc2)n1. The molecule has 5 rings (SSSR count). The Bertz CT molecular complexity index is 1470. The molecule has 0 amide bonds. The maximum atomic E-state index is 12.4. The zero-order chi connectivity index (χ0) is 25.7. The van der Waals surface area contributed by atoms with Crippen LogP contribution in [-0.4, -0.2) is 34.4 Å². The van der Waals surface area contributed by atoms with Crippen molar-refractivity contribution in [3.63, 3.8) is 0 Å². The summed E-state index contributed by atoms with van der Waals surface area (Å²) in [7, 11) is -3.75. The molecule has 0 aliphatic heterocycles. The minimum absolute atomic E-state index is 0.0828. The van der Waals surface area contributed by atoms with Gasteiger partial charge in [0.1, 0.15) is 0 Å². The van der Waals surface area contributed by atoms with Crippen LogP contribution in [0, 0.1) is 0 Å². The molecule has 8 heteroatoms. The molecule has 1 heterocycles. The highest BCUT2D eigenvalue weighted by Gasteiger charge is 2.41. The molecule has 0 spiro atoms. The molecule has 7 nitrogen and oxygen atoms in total. The van der Waals surface area contributed by atoms with Crippen molar-refractivity contribution in [1.29, 1.82) is 0 Å². The fraction of sp³-hybridized carbons (Fsp3) is 0.138. The van der Waals surface area contributed by atoms with Gasteiger partial charge in [0.05, 0.1) is 11.3 Å². The molecule has 0 unspecified atom stereocenters. The van der Waals surface area contributed by atoms with Crippen molar-refractivity contribution in [3.8, 4) is 17.1 Å². The first-order valence-corrected chi connectivity index (χ1v) is 13.6. The van der Waals surface area contributed by atoms with Crippen LogP contribution < -0.4 is 4.18 Å². The summed E-state index contributed by atoms with van der Waals surface area (Å²) < 4.78 is 30.3. The van der Waals surface area contributed by atoms with Gasteiger partial charge >= 0.3 is 10.1 Å². The first-order valence-electron chi connectivity index (χ1n) is 12.0. The summed E-state index contributed by atoms with van der Waals surface area (Å²) in [6, 6.07) is 36.9. The van der Waals surface area contributed by atoms with Crippen molar-refractivity contribution in [2.45, 2.75) is 18.9 Å². The molecule has 5 aromatic rings.